The fraction of sp³-hybridized carbons (Fsp3) is 0.152. The number of aryl methyl sites for hydroxylation is 1. The molecule has 1 aliphatic rings. The summed E-state index contributed by atoms with van der Waals surface area (Å²) in [5.74, 6) is 0.633. The van der Waals surface area contributed by atoms with Gasteiger partial charge in [-0.25, -0.2) is 4.57 Å². The van der Waals surface area contributed by atoms with Crippen molar-refractivity contribution in [3.8, 4) is 22.4 Å². The molecule has 0 aliphatic heterocycles. The molecule has 48 heavy (non-hydrogen) atoms. The van der Waals surface area contributed by atoms with Gasteiger partial charge >= 0.3 is 0 Å². The van der Waals surface area contributed by atoms with E-state index in [2.05, 4.69) is 182 Å². The minimum Gasteiger partial charge on any atom is -0.200 e. The van der Waals surface area contributed by atoms with Crippen LogP contribution in [0.4, 0.5) is 0 Å². The minimum absolute atomic E-state index is 0.633. The van der Waals surface area contributed by atoms with Crippen molar-refractivity contribution in [2.45, 2.75) is 38.5 Å². The van der Waals surface area contributed by atoms with Crippen LogP contribution in [0.1, 0.15) is 42.7 Å². The summed E-state index contributed by atoms with van der Waals surface area (Å²) in [5, 5.41) is 8.18. The van der Waals surface area contributed by atoms with E-state index in [0.29, 0.717) is 5.92 Å². The molecule has 0 unspecified atom stereocenters. The lowest BCUT2D eigenvalue weighted by molar-refractivity contribution is -0.659. The Balaban J connectivity index is 1.39. The third kappa shape index (κ3) is 5.21. The molecule has 1 aliphatic carbocycles. The number of pyridine rings is 1. The second-order valence-electron chi connectivity index (χ2n) is 13.5. The molecule has 0 saturated heterocycles. The summed E-state index contributed by atoms with van der Waals surface area (Å²) in [6.45, 7) is 2.36. The van der Waals surface area contributed by atoms with Gasteiger partial charge in [0, 0.05) is 6.07 Å². The largest absolute Gasteiger partial charge is 0.220 e. The van der Waals surface area contributed by atoms with E-state index >= 15 is 0 Å². The van der Waals surface area contributed by atoms with Gasteiger partial charge in [-0.2, -0.15) is 0 Å². The van der Waals surface area contributed by atoms with Gasteiger partial charge in [0.25, 0.3) is 0 Å². The predicted molar refractivity (Wildman–Crippen MR) is 206 cm³/mol. The van der Waals surface area contributed by atoms with Crippen molar-refractivity contribution in [3.63, 3.8) is 0 Å². The fourth-order valence-corrected chi connectivity index (χ4v) is 13.2. The molecule has 7 aromatic rings. The van der Waals surface area contributed by atoms with Crippen LogP contribution >= 0.6 is 0 Å². The summed E-state index contributed by atoms with van der Waals surface area (Å²) in [7, 11) is -0.413. The Morgan fingerprint density at radius 2 is 1.08 bits per heavy atom. The topological polar surface area (TPSA) is 3.88 Å². The Morgan fingerprint density at radius 3 is 1.65 bits per heavy atom. The number of fused-ring (bicyclic) bond motifs is 1. The molecule has 1 heterocycles. The van der Waals surface area contributed by atoms with Crippen LogP contribution < -0.4 is 25.3 Å². The van der Waals surface area contributed by atoms with Crippen LogP contribution in [0, 0.1) is 6.92 Å². The number of aromatic nitrogens is 1. The number of hydrogen-bond donors (Lipinski definition) is 0. The maximum absolute atomic E-state index is 2.62. The fourth-order valence-electron chi connectivity index (χ4n) is 8.45. The Labute approximate surface area is 286 Å². The Morgan fingerprint density at radius 1 is 0.542 bits per heavy atom. The minimum atomic E-state index is -2.62. The zero-order chi connectivity index (χ0) is 32.5. The summed E-state index contributed by atoms with van der Waals surface area (Å²) in [6.07, 6.45) is 7.50. The quantitative estimate of drug-likeness (QED) is 0.0941. The molecule has 0 bridgehead atoms. The normalized spacial score (nSPS) is 13.6. The van der Waals surface area contributed by atoms with Crippen molar-refractivity contribution >= 4 is 39.6 Å². The molecule has 0 N–H and O–H groups in total. The second kappa shape index (κ2) is 12.9. The van der Waals surface area contributed by atoms with Gasteiger partial charge in [0.15, 0.2) is 14.3 Å². The van der Waals surface area contributed by atoms with E-state index < -0.39 is 8.07 Å². The number of nitrogens with zero attached hydrogens (tertiary/aromatic N) is 1. The van der Waals surface area contributed by atoms with Crippen molar-refractivity contribution in [3.05, 3.63) is 175 Å². The van der Waals surface area contributed by atoms with Crippen molar-refractivity contribution < 1.29 is 4.57 Å². The molecule has 234 valence electrons. The lowest BCUT2D eigenvalue weighted by Crippen LogP contribution is -2.74. The van der Waals surface area contributed by atoms with E-state index in [1.807, 2.05) is 0 Å². The first-order valence-corrected chi connectivity index (χ1v) is 19.4. The van der Waals surface area contributed by atoms with Crippen molar-refractivity contribution in [2.24, 2.45) is 7.05 Å². The first kappa shape index (κ1) is 30.3. The molecular formula is C46H42NSi+. The van der Waals surface area contributed by atoms with E-state index in [4.69, 9.17) is 0 Å². The van der Waals surface area contributed by atoms with E-state index in [-0.39, 0.29) is 0 Å². The molecule has 2 heteroatoms. The van der Waals surface area contributed by atoms with Crippen LogP contribution in [0.2, 0.25) is 0 Å². The summed E-state index contributed by atoms with van der Waals surface area (Å²) in [6, 6.07) is 59.2. The summed E-state index contributed by atoms with van der Waals surface area (Å²) >= 11 is 0. The third-order valence-electron chi connectivity index (χ3n) is 10.8. The highest BCUT2D eigenvalue weighted by Gasteiger charge is 2.41. The number of hydrogen-bond acceptors (Lipinski definition) is 0. The molecule has 1 aromatic heterocycles. The molecular weight excluding hydrogens is 595 g/mol. The lowest BCUT2D eigenvalue weighted by atomic mass is 9.85. The molecule has 0 radical (unpaired) electrons. The first-order chi connectivity index (χ1) is 23.6. The Kier molecular flexibility index (Phi) is 8.12. The smallest absolute Gasteiger partial charge is 0.200 e. The van der Waals surface area contributed by atoms with Gasteiger partial charge < -0.3 is 0 Å². The summed E-state index contributed by atoms with van der Waals surface area (Å²) < 4.78 is 2.34. The van der Waals surface area contributed by atoms with Gasteiger partial charge in [-0.1, -0.05) is 152 Å². The highest BCUT2D eigenvalue weighted by atomic mass is 28.3. The van der Waals surface area contributed by atoms with Crippen LogP contribution in [-0.2, 0) is 7.05 Å². The molecule has 1 nitrogen and oxygen atoms in total. The van der Waals surface area contributed by atoms with Gasteiger partial charge in [0.05, 0.1) is 10.9 Å². The third-order valence-corrected chi connectivity index (χ3v) is 15.6. The Hall–Kier alpha value is -5.05. The standard InChI is InChI=1S/C46H42NSi/c1-34-44(36-19-15-16-20-36)32-38(35-17-7-3-8-18-35)33-45(34)46-43-28-27-42(31-37(43)29-30-47(46)2)48(39-21-9-4-10-22-39,40-23-11-5-12-24-40)41-25-13-6-14-26-41/h3-14,17-18,21-33,36H,15-16,19-20H2,1-2H3/q+1. The van der Waals surface area contributed by atoms with Gasteiger partial charge in [-0.05, 0) is 86.2 Å². The summed E-state index contributed by atoms with van der Waals surface area (Å²) in [4.78, 5) is 0. The Bertz CT molecular complexity index is 2090. The summed E-state index contributed by atoms with van der Waals surface area (Å²) in [5.41, 5.74) is 8.19. The van der Waals surface area contributed by atoms with Gasteiger partial charge in [0.2, 0.25) is 5.69 Å². The van der Waals surface area contributed by atoms with Crippen LogP contribution in [0.15, 0.2) is 164 Å². The van der Waals surface area contributed by atoms with Crippen LogP contribution in [-0.4, -0.2) is 8.07 Å². The molecule has 6 aromatic carbocycles. The average molecular weight is 637 g/mol. The zero-order valence-electron chi connectivity index (χ0n) is 27.9. The maximum Gasteiger partial charge on any atom is 0.220 e. The average Bonchev–Trinajstić information content (AvgIpc) is 3.69. The van der Waals surface area contributed by atoms with Gasteiger partial charge in [-0.15, -0.1) is 0 Å². The number of rotatable bonds is 7. The van der Waals surface area contributed by atoms with E-state index in [0.717, 1.165) is 0 Å². The highest BCUT2D eigenvalue weighted by molar-refractivity contribution is 7.20. The van der Waals surface area contributed by atoms with Crippen LogP contribution in [0.3, 0.4) is 0 Å². The van der Waals surface area contributed by atoms with Crippen LogP contribution in [0.25, 0.3) is 33.2 Å². The van der Waals surface area contributed by atoms with Crippen molar-refractivity contribution in [1.29, 1.82) is 0 Å². The van der Waals surface area contributed by atoms with Gasteiger partial charge in [0.1, 0.15) is 7.05 Å². The van der Waals surface area contributed by atoms with Crippen LogP contribution in [0.5, 0.6) is 0 Å². The second-order valence-corrected chi connectivity index (χ2v) is 17.3. The van der Waals surface area contributed by atoms with Gasteiger partial charge in [-0.3, -0.25) is 0 Å². The van der Waals surface area contributed by atoms with E-state index in [1.165, 1.54) is 90.7 Å². The zero-order valence-corrected chi connectivity index (χ0v) is 28.9. The van der Waals surface area contributed by atoms with E-state index in [9.17, 15) is 0 Å². The van der Waals surface area contributed by atoms with Crippen molar-refractivity contribution in [1.82, 2.24) is 0 Å². The maximum atomic E-state index is 2.51. The molecule has 1 saturated carbocycles. The van der Waals surface area contributed by atoms with E-state index in [1.54, 1.807) is 0 Å². The number of benzene rings is 6. The molecule has 1 fully saturated rings. The first-order valence-electron chi connectivity index (χ1n) is 17.4. The van der Waals surface area contributed by atoms with Crippen molar-refractivity contribution in [2.75, 3.05) is 0 Å². The lowest BCUT2D eigenvalue weighted by Gasteiger charge is -2.34. The SMILES string of the molecule is Cc1c(-c2c3ccc([Si](c4ccccc4)(c4ccccc4)c4ccccc4)cc3cc[n+]2C)cc(-c2ccccc2)cc1C1CCCC1. The highest BCUT2D eigenvalue weighted by Crippen LogP contribution is 2.41. The molecule has 0 atom stereocenters. The molecule has 8 rings (SSSR count). The molecule has 0 amide bonds. The monoisotopic (exact) mass is 636 g/mol. The predicted octanol–water partition coefficient (Wildman–Crippen LogP) is 8.34. The molecule has 0 spiro atoms.